The molecule has 3 aromatic rings. The lowest BCUT2D eigenvalue weighted by Gasteiger charge is -2.21. The quantitative estimate of drug-likeness (QED) is 0.684. The highest BCUT2D eigenvalue weighted by Crippen LogP contribution is 2.21. The normalized spacial score (nSPS) is 10.5. The van der Waals surface area contributed by atoms with Crippen molar-refractivity contribution >= 4 is 23.0 Å². The van der Waals surface area contributed by atoms with E-state index in [1.165, 1.54) is 12.3 Å². The summed E-state index contributed by atoms with van der Waals surface area (Å²) in [6, 6.07) is 14.5. The Morgan fingerprint density at radius 1 is 1.04 bits per heavy atom. The molecule has 0 saturated carbocycles. The molecule has 1 amide bonds. The average Bonchev–Trinajstić information content (AvgIpc) is 2.66. The number of hydrogen-bond donors (Lipinski definition) is 1. The van der Waals surface area contributed by atoms with Crippen LogP contribution in [0.4, 0.5) is 25.8 Å². The first kappa shape index (κ1) is 18.5. The molecule has 0 aliphatic heterocycles. The van der Waals surface area contributed by atoms with Gasteiger partial charge in [0.15, 0.2) is 11.6 Å². The van der Waals surface area contributed by atoms with Crippen LogP contribution in [0.25, 0.3) is 0 Å². The predicted octanol–water partition coefficient (Wildman–Crippen LogP) is 5.08. The van der Waals surface area contributed by atoms with E-state index in [9.17, 15) is 13.6 Å². The molecule has 6 heteroatoms. The molecule has 0 fully saturated rings. The van der Waals surface area contributed by atoms with E-state index in [1.807, 2.05) is 38.1 Å². The van der Waals surface area contributed by atoms with E-state index in [1.54, 1.807) is 17.0 Å². The molecular weight excluding hydrogens is 348 g/mol. The SMILES string of the molecule is CCN(C(=O)c1ccc(Nc2ccc(F)c(F)c2)cn1)c1cccc(C)c1. The van der Waals surface area contributed by atoms with Gasteiger partial charge in [0.25, 0.3) is 5.91 Å². The Labute approximate surface area is 156 Å². The molecule has 138 valence electrons. The fraction of sp³-hybridized carbons (Fsp3) is 0.143. The lowest BCUT2D eigenvalue weighted by atomic mass is 10.2. The summed E-state index contributed by atoms with van der Waals surface area (Å²) in [5.41, 5.74) is 3.14. The first-order valence-electron chi connectivity index (χ1n) is 8.54. The maximum Gasteiger partial charge on any atom is 0.276 e. The van der Waals surface area contributed by atoms with Crippen LogP contribution in [0.3, 0.4) is 0 Å². The molecule has 1 aromatic heterocycles. The molecule has 1 heterocycles. The maximum absolute atomic E-state index is 13.3. The smallest absolute Gasteiger partial charge is 0.276 e. The van der Waals surface area contributed by atoms with Crippen molar-refractivity contribution in [2.75, 3.05) is 16.8 Å². The van der Waals surface area contributed by atoms with Crippen molar-refractivity contribution < 1.29 is 13.6 Å². The summed E-state index contributed by atoms with van der Waals surface area (Å²) in [5, 5.41) is 2.93. The molecule has 3 rings (SSSR count). The van der Waals surface area contributed by atoms with E-state index in [4.69, 9.17) is 0 Å². The van der Waals surface area contributed by atoms with E-state index >= 15 is 0 Å². The Hall–Kier alpha value is -3.28. The molecule has 0 unspecified atom stereocenters. The van der Waals surface area contributed by atoms with Gasteiger partial charge in [0, 0.05) is 24.0 Å². The fourth-order valence-corrected chi connectivity index (χ4v) is 2.71. The van der Waals surface area contributed by atoms with Gasteiger partial charge >= 0.3 is 0 Å². The summed E-state index contributed by atoms with van der Waals surface area (Å²) in [4.78, 5) is 18.7. The van der Waals surface area contributed by atoms with E-state index in [0.29, 0.717) is 23.6 Å². The third kappa shape index (κ3) is 4.28. The minimum absolute atomic E-state index is 0.206. The Kier molecular flexibility index (Phi) is 5.45. The van der Waals surface area contributed by atoms with E-state index < -0.39 is 11.6 Å². The number of aryl methyl sites for hydroxylation is 1. The Morgan fingerprint density at radius 3 is 2.44 bits per heavy atom. The second kappa shape index (κ2) is 7.95. The molecule has 0 atom stereocenters. The number of anilines is 3. The van der Waals surface area contributed by atoms with Crippen LogP contribution in [0.1, 0.15) is 23.0 Å². The van der Waals surface area contributed by atoms with Crippen molar-refractivity contribution in [1.29, 1.82) is 0 Å². The van der Waals surface area contributed by atoms with Crippen LogP contribution < -0.4 is 10.2 Å². The number of benzene rings is 2. The van der Waals surface area contributed by atoms with Crippen molar-refractivity contribution in [2.24, 2.45) is 0 Å². The van der Waals surface area contributed by atoms with Gasteiger partial charge in [-0.3, -0.25) is 4.79 Å². The molecule has 2 aromatic carbocycles. The standard InChI is InChI=1S/C21H19F2N3O/c1-3-26(17-6-4-5-14(2)11-17)21(27)20-10-8-16(13-24-20)25-15-7-9-18(22)19(23)12-15/h4-13,25H,3H2,1-2H3. The maximum atomic E-state index is 13.3. The van der Waals surface area contributed by atoms with Crippen molar-refractivity contribution in [3.05, 3.63) is 83.7 Å². The predicted molar refractivity (Wildman–Crippen MR) is 102 cm³/mol. The van der Waals surface area contributed by atoms with Crippen molar-refractivity contribution in [2.45, 2.75) is 13.8 Å². The molecule has 0 aliphatic carbocycles. The first-order valence-corrected chi connectivity index (χ1v) is 8.54. The summed E-state index contributed by atoms with van der Waals surface area (Å²) in [5.74, 6) is -2.05. The van der Waals surface area contributed by atoms with E-state index in [0.717, 1.165) is 23.4 Å². The number of amides is 1. The second-order valence-corrected chi connectivity index (χ2v) is 6.07. The number of halogens is 2. The van der Waals surface area contributed by atoms with Crippen LogP contribution in [0.5, 0.6) is 0 Å². The molecule has 4 nitrogen and oxygen atoms in total. The second-order valence-electron chi connectivity index (χ2n) is 6.07. The average molecular weight is 367 g/mol. The Morgan fingerprint density at radius 2 is 1.81 bits per heavy atom. The van der Waals surface area contributed by atoms with Gasteiger partial charge in [-0.05, 0) is 55.8 Å². The van der Waals surface area contributed by atoms with Crippen molar-refractivity contribution in [3.8, 4) is 0 Å². The van der Waals surface area contributed by atoms with Crippen LogP contribution >= 0.6 is 0 Å². The lowest BCUT2D eigenvalue weighted by molar-refractivity contribution is 0.0983. The van der Waals surface area contributed by atoms with Crippen LogP contribution in [0, 0.1) is 18.6 Å². The van der Waals surface area contributed by atoms with Gasteiger partial charge < -0.3 is 10.2 Å². The summed E-state index contributed by atoms with van der Waals surface area (Å²) >= 11 is 0. The molecule has 27 heavy (non-hydrogen) atoms. The zero-order valence-corrected chi connectivity index (χ0v) is 15.0. The molecule has 0 bridgehead atoms. The number of aromatic nitrogens is 1. The lowest BCUT2D eigenvalue weighted by Crippen LogP contribution is -2.31. The zero-order valence-electron chi connectivity index (χ0n) is 15.0. The van der Waals surface area contributed by atoms with Crippen molar-refractivity contribution in [1.82, 2.24) is 4.98 Å². The molecule has 0 spiro atoms. The zero-order chi connectivity index (χ0) is 19.4. The molecule has 0 radical (unpaired) electrons. The summed E-state index contributed by atoms with van der Waals surface area (Å²) in [6.07, 6.45) is 1.48. The van der Waals surface area contributed by atoms with Crippen LogP contribution in [-0.4, -0.2) is 17.4 Å². The number of carbonyl (C=O) groups is 1. The molecular formula is C21H19F2N3O. The van der Waals surface area contributed by atoms with E-state index in [2.05, 4.69) is 10.3 Å². The monoisotopic (exact) mass is 367 g/mol. The van der Waals surface area contributed by atoms with Gasteiger partial charge in [0.05, 0.1) is 11.9 Å². The van der Waals surface area contributed by atoms with Crippen molar-refractivity contribution in [3.63, 3.8) is 0 Å². The van der Waals surface area contributed by atoms with Crippen LogP contribution in [-0.2, 0) is 0 Å². The highest BCUT2D eigenvalue weighted by molar-refractivity contribution is 6.04. The third-order valence-electron chi connectivity index (χ3n) is 4.07. The minimum atomic E-state index is -0.934. The number of hydrogen-bond acceptors (Lipinski definition) is 3. The van der Waals surface area contributed by atoms with Gasteiger partial charge in [-0.1, -0.05) is 12.1 Å². The Balaban J connectivity index is 1.77. The summed E-state index contributed by atoms with van der Waals surface area (Å²) in [7, 11) is 0. The van der Waals surface area contributed by atoms with E-state index in [-0.39, 0.29) is 5.91 Å². The topological polar surface area (TPSA) is 45.2 Å². The molecule has 0 saturated heterocycles. The Bertz CT molecular complexity index is 958. The third-order valence-corrected chi connectivity index (χ3v) is 4.07. The number of nitrogens with zero attached hydrogens (tertiary/aromatic N) is 2. The number of carbonyl (C=O) groups excluding carboxylic acids is 1. The van der Waals surface area contributed by atoms with Gasteiger partial charge in [-0.25, -0.2) is 13.8 Å². The molecule has 1 N–H and O–H groups in total. The van der Waals surface area contributed by atoms with Gasteiger partial charge in [-0.15, -0.1) is 0 Å². The summed E-state index contributed by atoms with van der Waals surface area (Å²) < 4.78 is 26.3. The highest BCUT2D eigenvalue weighted by Gasteiger charge is 2.17. The minimum Gasteiger partial charge on any atom is -0.354 e. The number of rotatable bonds is 5. The first-order chi connectivity index (χ1) is 13.0. The van der Waals surface area contributed by atoms with Gasteiger partial charge in [0.2, 0.25) is 0 Å². The highest BCUT2D eigenvalue weighted by atomic mass is 19.2. The van der Waals surface area contributed by atoms with Gasteiger partial charge in [0.1, 0.15) is 5.69 Å². The van der Waals surface area contributed by atoms with Gasteiger partial charge in [-0.2, -0.15) is 0 Å². The van der Waals surface area contributed by atoms with Crippen LogP contribution in [0.2, 0.25) is 0 Å². The number of pyridine rings is 1. The fourth-order valence-electron chi connectivity index (χ4n) is 2.71. The summed E-state index contributed by atoms with van der Waals surface area (Å²) in [6.45, 7) is 4.39. The van der Waals surface area contributed by atoms with Crippen LogP contribution in [0.15, 0.2) is 60.8 Å². The molecule has 0 aliphatic rings. The largest absolute Gasteiger partial charge is 0.354 e. The number of nitrogens with one attached hydrogen (secondary N) is 1.